The number of amides is 1. The molecule has 2 N–H and O–H groups in total. The highest BCUT2D eigenvalue weighted by atomic mass is 79.9. The van der Waals surface area contributed by atoms with E-state index in [1.54, 1.807) is 24.4 Å². The number of carbonyl (C=O) groups excluding carboxylic acids is 1. The van der Waals surface area contributed by atoms with Crippen LogP contribution in [-0.2, 0) is 16.4 Å². The molecule has 3 heterocycles. The molecule has 1 aliphatic carbocycles. The second-order valence-corrected chi connectivity index (χ2v) is 13.0. The van der Waals surface area contributed by atoms with Gasteiger partial charge < -0.3 is 10.3 Å². The van der Waals surface area contributed by atoms with Crippen LogP contribution in [0.3, 0.4) is 0 Å². The van der Waals surface area contributed by atoms with Crippen molar-refractivity contribution in [2.75, 3.05) is 6.26 Å². The highest BCUT2D eigenvalue weighted by Crippen LogP contribution is 2.33. The number of rotatable bonds is 7. The molecule has 10 nitrogen and oxygen atoms in total. The van der Waals surface area contributed by atoms with E-state index in [2.05, 4.69) is 46.3 Å². The molecule has 0 atom stereocenters. The van der Waals surface area contributed by atoms with Gasteiger partial charge in [0.25, 0.3) is 5.91 Å². The zero-order chi connectivity index (χ0) is 28.7. The first-order valence-corrected chi connectivity index (χ1v) is 15.7. The molecule has 0 bridgehead atoms. The van der Waals surface area contributed by atoms with E-state index in [-0.39, 0.29) is 17.1 Å². The summed E-state index contributed by atoms with van der Waals surface area (Å²) >= 11 is 3.31. The fourth-order valence-electron chi connectivity index (χ4n) is 5.17. The van der Waals surface area contributed by atoms with Crippen molar-refractivity contribution in [2.45, 2.75) is 43.0 Å². The van der Waals surface area contributed by atoms with Gasteiger partial charge in [0.2, 0.25) is 0 Å². The molecule has 0 unspecified atom stereocenters. The number of aromatic amines is 1. The maximum absolute atomic E-state index is 14.7. The van der Waals surface area contributed by atoms with Crippen molar-refractivity contribution in [2.24, 2.45) is 0 Å². The van der Waals surface area contributed by atoms with Crippen LogP contribution >= 0.6 is 15.9 Å². The van der Waals surface area contributed by atoms with Crippen molar-refractivity contribution in [3.8, 4) is 16.8 Å². The summed E-state index contributed by atoms with van der Waals surface area (Å²) in [4.78, 5) is 29.4. The van der Waals surface area contributed by atoms with Crippen LogP contribution in [0.25, 0.3) is 28.0 Å². The van der Waals surface area contributed by atoms with Gasteiger partial charge in [0.15, 0.2) is 21.2 Å². The Hall–Kier alpha value is -3.97. The summed E-state index contributed by atoms with van der Waals surface area (Å²) < 4.78 is 41.4. The zero-order valence-corrected chi connectivity index (χ0v) is 24.3. The van der Waals surface area contributed by atoms with Gasteiger partial charge in [0.1, 0.15) is 23.5 Å². The maximum atomic E-state index is 14.7. The molecule has 0 radical (unpaired) electrons. The SMILES string of the molecule is CS(=O)(=O)c1cc(Br)ccc1-n1cc(-c2cc(F)cc(CNC(=O)c3ncnc4nc(C5CCCC5)[nH]c34)c2)cn1. The van der Waals surface area contributed by atoms with Gasteiger partial charge in [-0.3, -0.25) is 4.79 Å². The van der Waals surface area contributed by atoms with E-state index in [0.29, 0.717) is 43.9 Å². The lowest BCUT2D eigenvalue weighted by Crippen LogP contribution is -2.24. The number of imidazole rings is 1. The van der Waals surface area contributed by atoms with Crippen LogP contribution in [0.5, 0.6) is 0 Å². The Morgan fingerprint density at radius 3 is 2.73 bits per heavy atom. The largest absolute Gasteiger partial charge is 0.347 e. The number of benzene rings is 2. The minimum absolute atomic E-state index is 0.0534. The van der Waals surface area contributed by atoms with E-state index in [0.717, 1.165) is 37.8 Å². The van der Waals surface area contributed by atoms with Crippen LogP contribution in [-0.4, -0.2) is 50.3 Å². The predicted octanol–water partition coefficient (Wildman–Crippen LogP) is 5.10. The zero-order valence-electron chi connectivity index (χ0n) is 21.9. The van der Waals surface area contributed by atoms with Gasteiger partial charge in [-0.25, -0.2) is 32.4 Å². The number of H-pyrrole nitrogens is 1. The smallest absolute Gasteiger partial charge is 0.272 e. The Morgan fingerprint density at radius 2 is 1.95 bits per heavy atom. The Morgan fingerprint density at radius 1 is 1.15 bits per heavy atom. The van der Waals surface area contributed by atoms with Crippen molar-refractivity contribution < 1.29 is 17.6 Å². The average Bonchev–Trinajstić information content (AvgIpc) is 3.71. The molecule has 0 aliphatic heterocycles. The lowest BCUT2D eigenvalue weighted by Gasteiger charge is -2.09. The van der Waals surface area contributed by atoms with E-state index in [1.165, 1.54) is 35.4 Å². The second-order valence-electron chi connectivity index (χ2n) is 10.1. The highest BCUT2D eigenvalue weighted by Gasteiger charge is 2.23. The first-order valence-electron chi connectivity index (χ1n) is 13.0. The normalized spacial score (nSPS) is 14.1. The number of sulfone groups is 1. The third-order valence-electron chi connectivity index (χ3n) is 7.16. The summed E-state index contributed by atoms with van der Waals surface area (Å²) in [5, 5.41) is 7.14. The molecule has 0 saturated heterocycles. The van der Waals surface area contributed by atoms with E-state index >= 15 is 0 Å². The second kappa shape index (κ2) is 10.8. The summed E-state index contributed by atoms with van der Waals surface area (Å²) in [6, 6.07) is 9.32. The molecule has 1 fully saturated rings. The van der Waals surface area contributed by atoms with E-state index in [9.17, 15) is 17.6 Å². The van der Waals surface area contributed by atoms with Gasteiger partial charge in [0, 0.05) is 35.0 Å². The average molecular weight is 639 g/mol. The van der Waals surface area contributed by atoms with Gasteiger partial charge in [-0.2, -0.15) is 5.10 Å². The van der Waals surface area contributed by atoms with Gasteiger partial charge in [0.05, 0.1) is 16.8 Å². The Kier molecular flexibility index (Phi) is 7.16. The van der Waals surface area contributed by atoms with Gasteiger partial charge in [-0.1, -0.05) is 28.8 Å². The standard InChI is InChI=1S/C28H25BrFN7O3S/c1-41(39,40)23-11-20(29)6-7-22(23)37-14-19(13-34-37)18-8-16(9-21(30)10-18)12-31-28(38)25-24-27(33-15-32-25)36-26(35-24)17-4-2-3-5-17/h6-11,13-15,17H,2-5,12H2,1H3,(H,31,38)(H,32,33,35,36). The van der Waals surface area contributed by atoms with Gasteiger partial charge >= 0.3 is 0 Å². The number of nitrogens with one attached hydrogen (secondary N) is 2. The van der Waals surface area contributed by atoms with Crippen molar-refractivity contribution in [1.29, 1.82) is 0 Å². The van der Waals surface area contributed by atoms with Crippen LogP contribution in [0, 0.1) is 5.82 Å². The minimum Gasteiger partial charge on any atom is -0.347 e. The summed E-state index contributed by atoms with van der Waals surface area (Å²) in [5.74, 6) is 0.242. The third-order valence-corrected chi connectivity index (χ3v) is 8.78. The number of nitrogens with zero attached hydrogens (tertiary/aromatic N) is 5. The topological polar surface area (TPSA) is 136 Å². The van der Waals surface area contributed by atoms with Crippen LogP contribution < -0.4 is 5.32 Å². The molecule has 41 heavy (non-hydrogen) atoms. The number of fused-ring (bicyclic) bond motifs is 1. The Labute approximate surface area is 243 Å². The molecule has 3 aromatic heterocycles. The van der Waals surface area contributed by atoms with E-state index in [1.807, 2.05) is 0 Å². The predicted molar refractivity (Wildman–Crippen MR) is 154 cm³/mol. The maximum Gasteiger partial charge on any atom is 0.272 e. The molecule has 13 heteroatoms. The molecule has 1 amide bonds. The fraction of sp³-hybridized carbons (Fsp3) is 0.250. The number of hydrogen-bond acceptors (Lipinski definition) is 7. The molecular weight excluding hydrogens is 613 g/mol. The molecule has 5 aromatic rings. The fourth-order valence-corrected chi connectivity index (χ4v) is 6.57. The Bertz CT molecular complexity index is 1900. The van der Waals surface area contributed by atoms with Crippen LogP contribution in [0.15, 0.2) is 64.5 Å². The first-order chi connectivity index (χ1) is 19.7. The third kappa shape index (κ3) is 5.64. The quantitative estimate of drug-likeness (QED) is 0.253. The van der Waals surface area contributed by atoms with Gasteiger partial charge in [-0.05, 0) is 60.4 Å². The van der Waals surface area contributed by atoms with Crippen LogP contribution in [0.2, 0.25) is 0 Å². The summed E-state index contributed by atoms with van der Waals surface area (Å²) in [6.45, 7) is 0.0534. The van der Waals surface area contributed by atoms with Crippen molar-refractivity contribution in [1.82, 2.24) is 35.0 Å². The van der Waals surface area contributed by atoms with Crippen LogP contribution in [0.4, 0.5) is 4.39 Å². The van der Waals surface area contributed by atoms with Crippen molar-refractivity contribution in [3.05, 3.63) is 82.5 Å². The number of hydrogen-bond donors (Lipinski definition) is 2. The summed E-state index contributed by atoms with van der Waals surface area (Å²) in [5.41, 5.74) is 3.12. The first kappa shape index (κ1) is 27.2. The highest BCUT2D eigenvalue weighted by molar-refractivity contribution is 9.10. The van der Waals surface area contributed by atoms with Gasteiger partial charge in [-0.15, -0.1) is 0 Å². The van der Waals surface area contributed by atoms with E-state index < -0.39 is 21.6 Å². The number of halogens is 2. The summed E-state index contributed by atoms with van der Waals surface area (Å²) in [6.07, 6.45) is 10.0. The molecule has 6 rings (SSSR count). The van der Waals surface area contributed by atoms with Crippen molar-refractivity contribution in [3.63, 3.8) is 0 Å². The number of aromatic nitrogens is 6. The Balaban J connectivity index is 1.23. The molecule has 1 aliphatic rings. The molecule has 0 spiro atoms. The lowest BCUT2D eigenvalue weighted by atomic mass is 10.1. The summed E-state index contributed by atoms with van der Waals surface area (Å²) in [7, 11) is -3.53. The number of carbonyl (C=O) groups is 1. The van der Waals surface area contributed by atoms with Crippen molar-refractivity contribution >= 4 is 42.8 Å². The monoisotopic (exact) mass is 637 g/mol. The van der Waals surface area contributed by atoms with E-state index in [4.69, 9.17) is 0 Å². The lowest BCUT2D eigenvalue weighted by molar-refractivity contribution is 0.0947. The molecule has 1 saturated carbocycles. The minimum atomic E-state index is -3.53. The molecule has 210 valence electrons. The van der Waals surface area contributed by atoms with Crippen LogP contribution in [0.1, 0.15) is 53.5 Å². The molecular formula is C28H25BrFN7O3S. The molecule has 2 aromatic carbocycles.